The van der Waals surface area contributed by atoms with Gasteiger partial charge < -0.3 is 9.90 Å². The van der Waals surface area contributed by atoms with E-state index in [1.54, 1.807) is 12.1 Å². The summed E-state index contributed by atoms with van der Waals surface area (Å²) in [5, 5.41) is 10.6. The maximum absolute atomic E-state index is 10.6. The number of carboxylic acids is 1. The molecule has 0 saturated heterocycles. The van der Waals surface area contributed by atoms with Crippen molar-refractivity contribution in [1.82, 2.24) is 4.98 Å². The molecule has 0 aliphatic heterocycles. The van der Waals surface area contributed by atoms with E-state index in [0.29, 0.717) is 0 Å². The van der Waals surface area contributed by atoms with Crippen LogP contribution in [0.5, 0.6) is 0 Å². The minimum Gasteiger partial charge on any atom is -0.545 e. The van der Waals surface area contributed by atoms with Crippen LogP contribution in [-0.2, 0) is 6.42 Å². The van der Waals surface area contributed by atoms with Crippen molar-refractivity contribution in [3.8, 4) is 0 Å². The molecule has 0 saturated carbocycles. The van der Waals surface area contributed by atoms with Crippen molar-refractivity contribution < 1.29 is 39.5 Å². The molecule has 0 atom stereocenters. The summed E-state index contributed by atoms with van der Waals surface area (Å²) in [6.45, 7) is 2.25. The number of rotatable bonds is 12. The second-order valence-electron chi connectivity index (χ2n) is 5.76. The van der Waals surface area contributed by atoms with Gasteiger partial charge >= 0.3 is 29.6 Å². The number of hydrogen-bond acceptors (Lipinski definition) is 3. The van der Waals surface area contributed by atoms with Gasteiger partial charge in [0, 0.05) is 17.5 Å². The quantitative estimate of drug-likeness (QED) is 0.426. The van der Waals surface area contributed by atoms with Gasteiger partial charge in [0.1, 0.15) is 0 Å². The van der Waals surface area contributed by atoms with E-state index in [2.05, 4.69) is 11.9 Å². The summed E-state index contributed by atoms with van der Waals surface area (Å²) in [5.74, 6) is -1.16. The van der Waals surface area contributed by atoms with Gasteiger partial charge in [0.25, 0.3) is 0 Å². The number of carboxylic acid groups (broad SMARTS) is 1. The van der Waals surface area contributed by atoms with Crippen LogP contribution < -0.4 is 34.7 Å². The first-order valence-corrected chi connectivity index (χ1v) is 8.40. The Morgan fingerprint density at radius 2 is 1.50 bits per heavy atom. The van der Waals surface area contributed by atoms with Crippen molar-refractivity contribution >= 4 is 5.97 Å². The zero-order valence-corrected chi connectivity index (χ0v) is 16.3. The van der Waals surface area contributed by atoms with Crippen LogP contribution >= 0.6 is 0 Å². The molecule has 1 aromatic heterocycles. The predicted molar refractivity (Wildman–Crippen MR) is 84.1 cm³/mol. The number of nitrogens with zero attached hydrogens (tertiary/aromatic N) is 1. The van der Waals surface area contributed by atoms with Crippen LogP contribution in [0.25, 0.3) is 0 Å². The van der Waals surface area contributed by atoms with Crippen molar-refractivity contribution in [2.75, 3.05) is 0 Å². The molecule has 118 valence electrons. The molecule has 0 fully saturated rings. The molecule has 0 radical (unpaired) electrons. The molecular weight excluding hydrogens is 285 g/mol. The largest absolute Gasteiger partial charge is 1.00 e. The molecule has 0 spiro atoms. The Balaban J connectivity index is 0.00000441. The Morgan fingerprint density at radius 3 is 1.95 bits per heavy atom. The standard InChI is InChI=1S/C18H29NO2.Na/c1-2-3-4-5-6-7-8-9-10-11-12-17-14-13-16(15-19-17)18(20)21;/h13-15H,2-12H2,1H3,(H,20,21);/q;+1/p-1. The Morgan fingerprint density at radius 1 is 0.955 bits per heavy atom. The summed E-state index contributed by atoms with van der Waals surface area (Å²) in [7, 11) is 0. The molecule has 1 aromatic rings. The van der Waals surface area contributed by atoms with E-state index in [1.807, 2.05) is 0 Å². The normalized spacial score (nSPS) is 10.2. The fraction of sp³-hybridized carbons (Fsp3) is 0.667. The fourth-order valence-electron chi connectivity index (χ4n) is 2.49. The smallest absolute Gasteiger partial charge is 0.545 e. The molecule has 22 heavy (non-hydrogen) atoms. The molecule has 0 bridgehead atoms. The molecule has 0 N–H and O–H groups in total. The van der Waals surface area contributed by atoms with Gasteiger partial charge in [-0.05, 0) is 25.0 Å². The van der Waals surface area contributed by atoms with E-state index in [4.69, 9.17) is 0 Å². The van der Waals surface area contributed by atoms with Gasteiger partial charge in [-0.2, -0.15) is 0 Å². The van der Waals surface area contributed by atoms with Gasteiger partial charge in [-0.25, -0.2) is 0 Å². The van der Waals surface area contributed by atoms with Crippen LogP contribution in [0.15, 0.2) is 18.3 Å². The molecule has 4 heteroatoms. The van der Waals surface area contributed by atoms with Crippen molar-refractivity contribution in [3.63, 3.8) is 0 Å². The summed E-state index contributed by atoms with van der Waals surface area (Å²) < 4.78 is 0. The number of carbonyl (C=O) groups is 1. The third kappa shape index (κ3) is 10.4. The molecule has 0 amide bonds. The Labute approximate surface area is 157 Å². The predicted octanol–water partition coefficient (Wildman–Crippen LogP) is 0.913. The summed E-state index contributed by atoms with van der Waals surface area (Å²) in [6, 6.07) is 3.37. The van der Waals surface area contributed by atoms with E-state index < -0.39 is 5.97 Å². The summed E-state index contributed by atoms with van der Waals surface area (Å²) in [5.41, 5.74) is 1.13. The van der Waals surface area contributed by atoms with E-state index in [-0.39, 0.29) is 35.1 Å². The van der Waals surface area contributed by atoms with Gasteiger partial charge in [-0.1, -0.05) is 64.7 Å². The van der Waals surface area contributed by atoms with Crippen LogP contribution in [-0.4, -0.2) is 11.0 Å². The zero-order chi connectivity index (χ0) is 15.3. The third-order valence-electron chi connectivity index (χ3n) is 3.85. The van der Waals surface area contributed by atoms with Crippen LogP contribution in [0, 0.1) is 0 Å². The third-order valence-corrected chi connectivity index (χ3v) is 3.85. The van der Waals surface area contributed by atoms with Crippen LogP contribution in [0.3, 0.4) is 0 Å². The molecule has 0 aromatic carbocycles. The van der Waals surface area contributed by atoms with Gasteiger partial charge in [-0.15, -0.1) is 0 Å². The average Bonchev–Trinajstić information content (AvgIpc) is 2.49. The number of unbranched alkanes of at least 4 members (excludes halogenated alkanes) is 9. The topological polar surface area (TPSA) is 53.0 Å². The molecule has 0 unspecified atom stereocenters. The zero-order valence-electron chi connectivity index (χ0n) is 14.3. The minimum absolute atomic E-state index is 0. The summed E-state index contributed by atoms with van der Waals surface area (Å²) >= 11 is 0. The van der Waals surface area contributed by atoms with E-state index in [0.717, 1.165) is 18.5 Å². The van der Waals surface area contributed by atoms with Crippen LogP contribution in [0.4, 0.5) is 0 Å². The van der Waals surface area contributed by atoms with Crippen molar-refractivity contribution in [3.05, 3.63) is 29.6 Å². The molecule has 1 heterocycles. The number of hydrogen-bond donors (Lipinski definition) is 0. The Hall–Kier alpha value is -0.380. The number of pyridine rings is 1. The van der Waals surface area contributed by atoms with Crippen molar-refractivity contribution in [1.29, 1.82) is 0 Å². The number of aromatic carboxylic acids is 1. The van der Waals surface area contributed by atoms with Gasteiger partial charge in [-0.3, -0.25) is 4.98 Å². The monoisotopic (exact) mass is 313 g/mol. The minimum atomic E-state index is -1.16. The SMILES string of the molecule is CCCCCCCCCCCCc1ccc(C(=O)[O-])cn1.[Na+]. The maximum atomic E-state index is 10.6. The first-order valence-electron chi connectivity index (χ1n) is 8.40. The summed E-state index contributed by atoms with van der Waals surface area (Å²) in [6.07, 6.45) is 15.5. The Kier molecular flexibility index (Phi) is 14.0. The van der Waals surface area contributed by atoms with Gasteiger partial charge in [0.2, 0.25) is 0 Å². The number of aryl methyl sites for hydroxylation is 1. The van der Waals surface area contributed by atoms with Crippen LogP contribution in [0.2, 0.25) is 0 Å². The second kappa shape index (κ2) is 14.2. The van der Waals surface area contributed by atoms with Crippen molar-refractivity contribution in [2.24, 2.45) is 0 Å². The molecular formula is C18H28NNaO2. The van der Waals surface area contributed by atoms with Crippen molar-refractivity contribution in [2.45, 2.75) is 77.6 Å². The number of carbonyl (C=O) groups excluding carboxylic acids is 1. The molecule has 3 nitrogen and oxygen atoms in total. The molecule has 0 aliphatic carbocycles. The van der Waals surface area contributed by atoms with E-state index >= 15 is 0 Å². The fourth-order valence-corrected chi connectivity index (χ4v) is 2.49. The van der Waals surface area contributed by atoms with Gasteiger partial charge in [0.05, 0.1) is 5.97 Å². The number of aromatic nitrogens is 1. The van der Waals surface area contributed by atoms with E-state index in [9.17, 15) is 9.90 Å². The molecule has 0 aliphatic rings. The van der Waals surface area contributed by atoms with Crippen LogP contribution in [0.1, 0.15) is 87.2 Å². The first-order chi connectivity index (χ1) is 10.2. The van der Waals surface area contributed by atoms with E-state index in [1.165, 1.54) is 64.0 Å². The second-order valence-corrected chi connectivity index (χ2v) is 5.76. The Bertz CT molecular complexity index is 393. The molecule has 1 rings (SSSR count). The van der Waals surface area contributed by atoms with Gasteiger partial charge in [0.15, 0.2) is 0 Å². The first kappa shape index (κ1) is 21.6. The maximum Gasteiger partial charge on any atom is 1.00 e. The average molecular weight is 313 g/mol. The summed E-state index contributed by atoms with van der Waals surface area (Å²) in [4.78, 5) is 14.8.